The van der Waals surface area contributed by atoms with Crippen molar-refractivity contribution in [3.63, 3.8) is 0 Å². The van der Waals surface area contributed by atoms with Gasteiger partial charge in [-0.15, -0.1) is 11.3 Å². The van der Waals surface area contributed by atoms with E-state index in [1.54, 1.807) is 13.4 Å². The second-order valence-electron chi connectivity index (χ2n) is 7.34. The minimum atomic E-state index is 0.134. The molecule has 1 aliphatic heterocycles. The highest BCUT2D eigenvalue weighted by Gasteiger charge is 2.24. The van der Waals surface area contributed by atoms with E-state index >= 15 is 0 Å². The van der Waals surface area contributed by atoms with Crippen molar-refractivity contribution in [2.45, 2.75) is 32.6 Å². The predicted octanol–water partition coefficient (Wildman–Crippen LogP) is 4.29. The first-order valence-corrected chi connectivity index (χ1v) is 10.9. The number of carbonyl (C=O) groups excluding carboxylic acids is 1. The number of nitrogens with zero attached hydrogens (tertiary/aromatic N) is 3. The summed E-state index contributed by atoms with van der Waals surface area (Å²) in [6.07, 6.45) is 5.84. The van der Waals surface area contributed by atoms with Crippen molar-refractivity contribution in [1.82, 2.24) is 14.9 Å². The molecule has 2 aromatic heterocycles. The summed E-state index contributed by atoms with van der Waals surface area (Å²) in [6, 6.07) is 8.09. The lowest BCUT2D eigenvalue weighted by Gasteiger charge is -2.26. The number of rotatable bonds is 6. The van der Waals surface area contributed by atoms with E-state index in [9.17, 15) is 4.79 Å². The highest BCUT2D eigenvalue weighted by molar-refractivity contribution is 7.20. The van der Waals surface area contributed by atoms with Crippen LogP contribution in [0.2, 0.25) is 0 Å². The average Bonchev–Trinajstić information content (AvgIpc) is 3.11. The van der Waals surface area contributed by atoms with Gasteiger partial charge in [0.25, 0.3) is 5.91 Å². The van der Waals surface area contributed by atoms with E-state index in [2.05, 4.69) is 27.4 Å². The van der Waals surface area contributed by atoms with Crippen LogP contribution in [-0.2, 0) is 6.42 Å². The Morgan fingerprint density at radius 3 is 2.66 bits per heavy atom. The minimum absolute atomic E-state index is 0.134. The molecule has 1 amide bonds. The molecule has 6 nitrogen and oxygen atoms in total. The number of ether oxygens (including phenoxy) is 1. The maximum absolute atomic E-state index is 13.0. The van der Waals surface area contributed by atoms with Gasteiger partial charge in [-0.2, -0.15) is 0 Å². The summed E-state index contributed by atoms with van der Waals surface area (Å²) >= 11 is 1.48. The van der Waals surface area contributed by atoms with Crippen LogP contribution in [0.1, 0.15) is 40.1 Å². The first kappa shape index (κ1) is 19.6. The lowest BCUT2D eigenvalue weighted by Crippen LogP contribution is -2.35. The Balaban J connectivity index is 1.50. The summed E-state index contributed by atoms with van der Waals surface area (Å²) in [4.78, 5) is 25.5. The molecule has 0 unspecified atom stereocenters. The zero-order chi connectivity index (χ0) is 20.2. The Bertz CT molecular complexity index is 994. The van der Waals surface area contributed by atoms with E-state index < -0.39 is 0 Å². The Labute approximate surface area is 174 Å². The standard InChI is InChI=1S/C22H26N4O2S/c1-15-18-20(23-11-10-16-6-8-17(28-2)9-7-16)24-14-25-21(18)29-19(15)22(27)26-12-4-3-5-13-26/h6-9,14H,3-5,10-13H2,1-2H3,(H,23,24,25). The number of hydrogen-bond acceptors (Lipinski definition) is 6. The molecule has 0 bridgehead atoms. The number of carbonyl (C=O) groups is 1. The second kappa shape index (κ2) is 8.78. The van der Waals surface area contributed by atoms with Gasteiger partial charge in [0.05, 0.1) is 17.4 Å². The van der Waals surface area contributed by atoms with E-state index in [0.717, 1.165) is 71.1 Å². The van der Waals surface area contributed by atoms with Crippen LogP contribution >= 0.6 is 11.3 Å². The Morgan fingerprint density at radius 2 is 1.93 bits per heavy atom. The number of hydrogen-bond donors (Lipinski definition) is 1. The Kier molecular flexibility index (Phi) is 5.94. The lowest BCUT2D eigenvalue weighted by molar-refractivity contribution is 0.0728. The van der Waals surface area contributed by atoms with E-state index in [1.807, 2.05) is 24.0 Å². The molecular weight excluding hydrogens is 384 g/mol. The maximum Gasteiger partial charge on any atom is 0.264 e. The number of benzene rings is 1. The molecule has 0 aliphatic carbocycles. The van der Waals surface area contributed by atoms with Crippen molar-refractivity contribution in [2.24, 2.45) is 0 Å². The van der Waals surface area contributed by atoms with Gasteiger partial charge in [0.1, 0.15) is 22.7 Å². The van der Waals surface area contributed by atoms with E-state index in [4.69, 9.17) is 4.74 Å². The van der Waals surface area contributed by atoms with Gasteiger partial charge in [-0.1, -0.05) is 12.1 Å². The van der Waals surface area contributed by atoms with E-state index in [0.29, 0.717) is 0 Å². The van der Waals surface area contributed by atoms with Gasteiger partial charge in [-0.3, -0.25) is 4.79 Å². The Hall–Kier alpha value is -2.67. The molecule has 1 N–H and O–H groups in total. The molecule has 152 valence electrons. The molecule has 0 radical (unpaired) electrons. The summed E-state index contributed by atoms with van der Waals surface area (Å²) < 4.78 is 5.21. The maximum atomic E-state index is 13.0. The highest BCUT2D eigenvalue weighted by atomic mass is 32.1. The third-order valence-corrected chi connectivity index (χ3v) is 6.62. The van der Waals surface area contributed by atoms with Crippen LogP contribution in [0.3, 0.4) is 0 Å². The van der Waals surface area contributed by atoms with E-state index in [-0.39, 0.29) is 5.91 Å². The van der Waals surface area contributed by atoms with Gasteiger partial charge in [-0.05, 0) is 55.9 Å². The van der Waals surface area contributed by atoms with Gasteiger partial charge >= 0.3 is 0 Å². The number of nitrogens with one attached hydrogen (secondary N) is 1. The molecular formula is C22H26N4O2S. The molecule has 7 heteroatoms. The van der Waals surface area contributed by atoms with Crippen molar-refractivity contribution in [2.75, 3.05) is 32.1 Å². The summed E-state index contributed by atoms with van der Waals surface area (Å²) in [5, 5.41) is 4.40. The van der Waals surface area contributed by atoms with Gasteiger partial charge in [0, 0.05) is 19.6 Å². The Morgan fingerprint density at radius 1 is 1.17 bits per heavy atom. The van der Waals surface area contributed by atoms with Crippen LogP contribution in [0.25, 0.3) is 10.2 Å². The van der Waals surface area contributed by atoms with Crippen molar-refractivity contribution in [3.8, 4) is 5.75 Å². The minimum Gasteiger partial charge on any atom is -0.497 e. The summed E-state index contributed by atoms with van der Waals surface area (Å²) in [5.41, 5.74) is 2.21. The molecule has 4 rings (SSSR count). The first-order chi connectivity index (χ1) is 14.2. The summed E-state index contributed by atoms with van der Waals surface area (Å²) in [6.45, 7) is 4.47. The number of methoxy groups -OCH3 is 1. The lowest BCUT2D eigenvalue weighted by atomic mass is 10.1. The van der Waals surface area contributed by atoms with Gasteiger partial charge < -0.3 is 15.0 Å². The molecule has 3 aromatic rings. The van der Waals surface area contributed by atoms with Crippen molar-refractivity contribution >= 4 is 33.3 Å². The average molecular weight is 411 g/mol. The number of likely N-dealkylation sites (tertiary alicyclic amines) is 1. The van der Waals surface area contributed by atoms with E-state index in [1.165, 1.54) is 23.3 Å². The molecule has 3 heterocycles. The number of thiophene rings is 1. The SMILES string of the molecule is COc1ccc(CCNc2ncnc3sc(C(=O)N4CCCCC4)c(C)c23)cc1. The van der Waals surface area contributed by atoms with Crippen LogP contribution in [0, 0.1) is 6.92 Å². The molecule has 1 fully saturated rings. The monoisotopic (exact) mass is 410 g/mol. The smallest absolute Gasteiger partial charge is 0.264 e. The molecule has 1 aromatic carbocycles. The van der Waals surface area contributed by atoms with Crippen molar-refractivity contribution in [1.29, 1.82) is 0 Å². The number of aromatic nitrogens is 2. The zero-order valence-corrected chi connectivity index (χ0v) is 17.7. The molecule has 29 heavy (non-hydrogen) atoms. The van der Waals surface area contributed by atoms with Crippen LogP contribution < -0.4 is 10.1 Å². The van der Waals surface area contributed by atoms with Crippen LogP contribution in [0.5, 0.6) is 5.75 Å². The van der Waals surface area contributed by atoms with Gasteiger partial charge in [-0.25, -0.2) is 9.97 Å². The molecule has 1 aliphatic rings. The van der Waals surface area contributed by atoms with Crippen LogP contribution in [0.4, 0.5) is 5.82 Å². The molecule has 0 atom stereocenters. The number of piperidine rings is 1. The topological polar surface area (TPSA) is 67.3 Å². The largest absolute Gasteiger partial charge is 0.497 e. The fraction of sp³-hybridized carbons (Fsp3) is 0.409. The number of anilines is 1. The summed E-state index contributed by atoms with van der Waals surface area (Å²) in [7, 11) is 1.67. The molecule has 0 spiro atoms. The van der Waals surface area contributed by atoms with Crippen LogP contribution in [0.15, 0.2) is 30.6 Å². The molecule has 0 saturated carbocycles. The molecule has 1 saturated heterocycles. The summed E-state index contributed by atoms with van der Waals surface area (Å²) in [5.74, 6) is 1.79. The van der Waals surface area contributed by atoms with Gasteiger partial charge in [0.2, 0.25) is 0 Å². The number of aryl methyl sites for hydroxylation is 1. The zero-order valence-electron chi connectivity index (χ0n) is 16.9. The number of fused-ring (bicyclic) bond motifs is 1. The third-order valence-electron chi connectivity index (χ3n) is 5.43. The first-order valence-electron chi connectivity index (χ1n) is 10.1. The highest BCUT2D eigenvalue weighted by Crippen LogP contribution is 2.34. The normalized spacial score (nSPS) is 14.2. The van der Waals surface area contributed by atoms with Crippen molar-refractivity contribution < 1.29 is 9.53 Å². The third kappa shape index (κ3) is 4.19. The van der Waals surface area contributed by atoms with Crippen LogP contribution in [-0.4, -0.2) is 47.5 Å². The fourth-order valence-corrected chi connectivity index (χ4v) is 4.88. The quantitative estimate of drug-likeness (QED) is 0.657. The second-order valence-corrected chi connectivity index (χ2v) is 8.34. The predicted molar refractivity (Wildman–Crippen MR) is 117 cm³/mol. The fourth-order valence-electron chi connectivity index (χ4n) is 3.77. The van der Waals surface area contributed by atoms with Gasteiger partial charge in [0.15, 0.2) is 0 Å². The number of amides is 1. The van der Waals surface area contributed by atoms with Crippen molar-refractivity contribution in [3.05, 3.63) is 46.6 Å².